The fourth-order valence-corrected chi connectivity index (χ4v) is 2.16. The first-order valence-electron chi connectivity index (χ1n) is 8.18. The van der Waals surface area contributed by atoms with E-state index >= 15 is 0 Å². The van der Waals surface area contributed by atoms with Crippen molar-refractivity contribution < 1.29 is 19.2 Å². The summed E-state index contributed by atoms with van der Waals surface area (Å²) >= 11 is 0. The van der Waals surface area contributed by atoms with Crippen LogP contribution in [0.5, 0.6) is 5.75 Å². The number of hydrogen-bond donors (Lipinski definition) is 2. The van der Waals surface area contributed by atoms with Crippen molar-refractivity contribution in [3.63, 3.8) is 0 Å². The number of carbonyl (C=O) groups is 2. The molecule has 1 unspecified atom stereocenters. The van der Waals surface area contributed by atoms with Gasteiger partial charge in [0.2, 0.25) is 0 Å². The number of amides is 2. The second-order valence-corrected chi connectivity index (χ2v) is 6.36. The number of hydrogen-bond acceptors (Lipinski definition) is 4. The van der Waals surface area contributed by atoms with Crippen LogP contribution in [-0.2, 0) is 9.59 Å². The number of nitrogens with one attached hydrogen (secondary N) is 2. The minimum atomic E-state index is -0.876. The van der Waals surface area contributed by atoms with Crippen LogP contribution in [-0.4, -0.2) is 56.0 Å². The Balaban J connectivity index is 2.64. The van der Waals surface area contributed by atoms with Crippen molar-refractivity contribution in [1.82, 2.24) is 4.90 Å². The van der Waals surface area contributed by atoms with Gasteiger partial charge < -0.3 is 19.9 Å². The van der Waals surface area contributed by atoms with E-state index in [1.54, 1.807) is 52.3 Å². The fourth-order valence-electron chi connectivity index (χ4n) is 2.16. The van der Waals surface area contributed by atoms with Crippen LogP contribution >= 0.6 is 0 Å². The van der Waals surface area contributed by atoms with E-state index in [9.17, 15) is 9.59 Å². The number of nitrogens with zero attached hydrogens (tertiary/aromatic N) is 2. The van der Waals surface area contributed by atoms with Crippen LogP contribution in [0.4, 0.5) is 5.69 Å². The summed E-state index contributed by atoms with van der Waals surface area (Å²) in [4.78, 5) is 26.8. The fraction of sp³-hybridized carbons (Fsp3) is 0.500. The molecule has 25 heavy (non-hydrogen) atoms. The first-order chi connectivity index (χ1) is 11.7. The quantitative estimate of drug-likeness (QED) is 0.708. The van der Waals surface area contributed by atoms with E-state index in [-0.39, 0.29) is 24.9 Å². The molecule has 1 atom stereocenters. The number of quaternary nitrogens is 1. The zero-order valence-electron chi connectivity index (χ0n) is 15.5. The van der Waals surface area contributed by atoms with Gasteiger partial charge in [0.25, 0.3) is 11.8 Å². The van der Waals surface area contributed by atoms with Gasteiger partial charge >= 0.3 is 0 Å². The maximum atomic E-state index is 12.3. The number of carbonyl (C=O) groups excluding carboxylic acids is 2. The Labute approximate surface area is 149 Å². The Bertz CT molecular complexity index is 652. The summed E-state index contributed by atoms with van der Waals surface area (Å²) in [5, 5.41) is 11.9. The van der Waals surface area contributed by atoms with Crippen LogP contribution in [0.25, 0.3) is 0 Å². The molecular weight excluding hydrogens is 320 g/mol. The topological polar surface area (TPSA) is 86.9 Å². The Morgan fingerprint density at radius 1 is 1.36 bits per heavy atom. The molecule has 2 N–H and O–H groups in total. The lowest BCUT2D eigenvalue weighted by Crippen LogP contribution is -3.14. The zero-order valence-corrected chi connectivity index (χ0v) is 15.5. The molecule has 0 saturated heterocycles. The largest absolute Gasteiger partial charge is 0.497 e. The Morgan fingerprint density at radius 2 is 2.04 bits per heavy atom. The molecule has 1 rings (SSSR count). The number of anilines is 1. The lowest BCUT2D eigenvalue weighted by atomic mass is 10.1. The number of nitriles is 1. The Kier molecular flexibility index (Phi) is 7.40. The molecule has 0 radical (unpaired) electrons. The molecule has 2 amide bonds. The van der Waals surface area contributed by atoms with E-state index in [0.29, 0.717) is 18.0 Å². The highest BCUT2D eigenvalue weighted by Gasteiger charge is 2.29. The van der Waals surface area contributed by atoms with Crippen LogP contribution in [0, 0.1) is 11.3 Å². The first kappa shape index (κ1) is 20.5. The predicted molar refractivity (Wildman–Crippen MR) is 95.3 cm³/mol. The molecular formula is C18H27N4O3+. The third-order valence-corrected chi connectivity index (χ3v) is 4.15. The predicted octanol–water partition coefficient (Wildman–Crippen LogP) is 0.299. The van der Waals surface area contributed by atoms with E-state index in [1.807, 2.05) is 6.92 Å². The van der Waals surface area contributed by atoms with Crippen LogP contribution in [0.2, 0.25) is 0 Å². The van der Waals surface area contributed by atoms with Crippen molar-refractivity contribution in [2.24, 2.45) is 0 Å². The second kappa shape index (κ2) is 9.04. The lowest BCUT2D eigenvalue weighted by Gasteiger charge is -2.30. The van der Waals surface area contributed by atoms with Gasteiger partial charge in [0.15, 0.2) is 13.1 Å². The van der Waals surface area contributed by atoms with Gasteiger partial charge in [0.1, 0.15) is 11.3 Å². The van der Waals surface area contributed by atoms with E-state index < -0.39 is 5.54 Å². The summed E-state index contributed by atoms with van der Waals surface area (Å²) in [6, 6.07) is 9.20. The minimum Gasteiger partial charge on any atom is -0.497 e. The molecule has 0 spiro atoms. The number of ether oxygens (including phenoxy) is 1. The summed E-state index contributed by atoms with van der Waals surface area (Å²) in [6.07, 6.45) is 0. The SMILES string of the molecule is CC[NH+](CC(=O)Nc1cccc(OC)c1)CC(=O)N(C)C(C)(C)C#N. The maximum Gasteiger partial charge on any atom is 0.279 e. The van der Waals surface area contributed by atoms with Gasteiger partial charge in [-0.05, 0) is 32.9 Å². The van der Waals surface area contributed by atoms with E-state index in [1.165, 1.54) is 4.90 Å². The third-order valence-electron chi connectivity index (χ3n) is 4.15. The smallest absolute Gasteiger partial charge is 0.279 e. The van der Waals surface area contributed by atoms with Crippen molar-refractivity contribution in [3.05, 3.63) is 24.3 Å². The number of methoxy groups -OCH3 is 1. The third kappa shape index (κ3) is 6.08. The summed E-state index contributed by atoms with van der Waals surface area (Å²) in [7, 11) is 3.17. The van der Waals surface area contributed by atoms with Crippen molar-refractivity contribution in [2.75, 3.05) is 39.1 Å². The molecule has 1 aromatic carbocycles. The van der Waals surface area contributed by atoms with Crippen LogP contribution in [0.1, 0.15) is 20.8 Å². The molecule has 0 heterocycles. The second-order valence-electron chi connectivity index (χ2n) is 6.36. The molecule has 0 fully saturated rings. The van der Waals surface area contributed by atoms with Gasteiger partial charge in [-0.15, -0.1) is 0 Å². The average molecular weight is 347 g/mol. The minimum absolute atomic E-state index is 0.156. The van der Waals surface area contributed by atoms with Crippen molar-refractivity contribution in [1.29, 1.82) is 5.26 Å². The molecule has 0 aromatic heterocycles. The van der Waals surface area contributed by atoms with Crippen molar-refractivity contribution in [3.8, 4) is 11.8 Å². The van der Waals surface area contributed by atoms with Gasteiger partial charge in [-0.3, -0.25) is 9.59 Å². The summed E-state index contributed by atoms with van der Waals surface area (Å²) < 4.78 is 5.13. The Hall–Kier alpha value is -2.59. The van der Waals surface area contributed by atoms with E-state index in [0.717, 1.165) is 4.90 Å². The molecule has 0 aliphatic rings. The number of likely N-dealkylation sites (N-methyl/N-ethyl adjacent to an activating group) is 2. The first-order valence-corrected chi connectivity index (χ1v) is 8.18. The lowest BCUT2D eigenvalue weighted by molar-refractivity contribution is -0.882. The molecule has 7 heteroatoms. The normalized spacial score (nSPS) is 12.0. The van der Waals surface area contributed by atoms with Crippen molar-refractivity contribution in [2.45, 2.75) is 26.3 Å². The van der Waals surface area contributed by atoms with E-state index in [4.69, 9.17) is 10.00 Å². The molecule has 0 aliphatic heterocycles. The molecule has 1 aromatic rings. The molecule has 7 nitrogen and oxygen atoms in total. The summed E-state index contributed by atoms with van der Waals surface area (Å²) in [6.45, 7) is 6.23. The molecule has 0 saturated carbocycles. The Morgan fingerprint density at radius 3 is 2.60 bits per heavy atom. The number of rotatable bonds is 8. The number of benzene rings is 1. The van der Waals surface area contributed by atoms with Gasteiger partial charge in [0.05, 0.1) is 19.7 Å². The monoisotopic (exact) mass is 347 g/mol. The highest BCUT2D eigenvalue weighted by Crippen LogP contribution is 2.16. The highest BCUT2D eigenvalue weighted by atomic mass is 16.5. The highest BCUT2D eigenvalue weighted by molar-refractivity contribution is 5.91. The molecule has 0 bridgehead atoms. The van der Waals surface area contributed by atoms with Gasteiger partial charge in [-0.2, -0.15) is 5.26 Å². The zero-order chi connectivity index (χ0) is 19.0. The average Bonchev–Trinajstić information content (AvgIpc) is 2.60. The molecule has 0 aliphatic carbocycles. The summed E-state index contributed by atoms with van der Waals surface area (Å²) in [5.74, 6) is 0.311. The van der Waals surface area contributed by atoms with Gasteiger partial charge in [0, 0.05) is 18.8 Å². The standard InChI is InChI=1S/C18H26N4O3/c1-6-22(12-17(24)21(4)18(2,3)13-19)11-16(23)20-14-8-7-9-15(10-14)25-5/h7-10H,6,11-12H2,1-5H3,(H,20,23)/p+1. The van der Waals surface area contributed by atoms with Crippen LogP contribution in [0.3, 0.4) is 0 Å². The van der Waals surface area contributed by atoms with Gasteiger partial charge in [-0.25, -0.2) is 0 Å². The van der Waals surface area contributed by atoms with E-state index in [2.05, 4.69) is 11.4 Å². The van der Waals surface area contributed by atoms with Gasteiger partial charge in [-0.1, -0.05) is 6.07 Å². The van der Waals surface area contributed by atoms with Crippen molar-refractivity contribution >= 4 is 17.5 Å². The molecule has 136 valence electrons. The maximum absolute atomic E-state index is 12.3. The van der Waals surface area contributed by atoms with Crippen LogP contribution < -0.4 is 15.0 Å². The summed E-state index contributed by atoms with van der Waals surface area (Å²) in [5.41, 5.74) is -0.229. The van der Waals surface area contributed by atoms with Crippen LogP contribution in [0.15, 0.2) is 24.3 Å².